The van der Waals surface area contributed by atoms with E-state index in [-0.39, 0.29) is 0 Å². The van der Waals surface area contributed by atoms with Crippen molar-refractivity contribution in [1.82, 2.24) is 15.2 Å². The number of pyridine rings is 1. The number of aromatic amines is 1. The van der Waals surface area contributed by atoms with E-state index < -0.39 is 0 Å². The number of hydrogen-bond donors (Lipinski definition) is 1. The van der Waals surface area contributed by atoms with Crippen LogP contribution in [-0.4, -0.2) is 21.4 Å². The summed E-state index contributed by atoms with van der Waals surface area (Å²) in [6.45, 7) is 2.54. The van der Waals surface area contributed by atoms with Crippen molar-refractivity contribution in [3.8, 4) is 17.1 Å². The maximum absolute atomic E-state index is 5.80. The lowest BCUT2D eigenvalue weighted by molar-refractivity contribution is 0.305. The largest absolute Gasteiger partial charge is 0.487 e. The first-order valence-corrected chi connectivity index (χ1v) is 8.21. The fourth-order valence-corrected chi connectivity index (χ4v) is 2.63. The molecule has 0 bridgehead atoms. The van der Waals surface area contributed by atoms with E-state index in [9.17, 15) is 0 Å². The van der Waals surface area contributed by atoms with Crippen molar-refractivity contribution in [3.05, 3.63) is 59.9 Å². The van der Waals surface area contributed by atoms with Gasteiger partial charge in [0.25, 0.3) is 0 Å². The van der Waals surface area contributed by atoms with Gasteiger partial charge in [-0.05, 0) is 48.6 Å². The molecule has 2 aromatic heterocycles. The number of nitrogens with one attached hydrogen (secondary N) is 1. The molecule has 2 heterocycles. The number of aryl methyl sites for hydroxylation is 1. The van der Waals surface area contributed by atoms with Crippen molar-refractivity contribution in [1.29, 1.82) is 0 Å². The molecule has 22 heavy (non-hydrogen) atoms. The lowest BCUT2D eigenvalue weighted by atomic mass is 10.2. The molecule has 5 heteroatoms. The van der Waals surface area contributed by atoms with E-state index in [0.29, 0.717) is 6.61 Å². The number of thioether (sulfide) groups is 1. The van der Waals surface area contributed by atoms with Crippen LogP contribution in [0.25, 0.3) is 11.4 Å². The molecule has 0 fully saturated rings. The van der Waals surface area contributed by atoms with Gasteiger partial charge in [-0.2, -0.15) is 5.10 Å². The van der Waals surface area contributed by atoms with Crippen LogP contribution in [-0.2, 0) is 6.61 Å². The average Bonchev–Trinajstić information content (AvgIpc) is 3.00. The Hall–Kier alpha value is -2.27. The van der Waals surface area contributed by atoms with Crippen molar-refractivity contribution in [2.75, 3.05) is 6.26 Å². The molecule has 0 saturated heterocycles. The predicted molar refractivity (Wildman–Crippen MR) is 89.1 cm³/mol. The van der Waals surface area contributed by atoms with Crippen LogP contribution in [0.1, 0.15) is 11.1 Å². The monoisotopic (exact) mass is 311 g/mol. The Balaban J connectivity index is 1.67. The summed E-state index contributed by atoms with van der Waals surface area (Å²) in [5.74, 6) is 0.760. The Morgan fingerprint density at radius 3 is 2.77 bits per heavy atom. The molecular formula is C17H17N3OS. The number of aromatic nitrogens is 3. The van der Waals surface area contributed by atoms with Gasteiger partial charge in [0, 0.05) is 4.90 Å². The minimum Gasteiger partial charge on any atom is -0.487 e. The van der Waals surface area contributed by atoms with Crippen molar-refractivity contribution < 1.29 is 4.74 Å². The molecule has 0 spiro atoms. The summed E-state index contributed by atoms with van der Waals surface area (Å²) < 4.78 is 5.80. The molecule has 1 N–H and O–H groups in total. The van der Waals surface area contributed by atoms with E-state index in [0.717, 1.165) is 28.3 Å². The summed E-state index contributed by atoms with van der Waals surface area (Å²) in [6, 6.07) is 12.2. The predicted octanol–water partition coefficient (Wildman–Crippen LogP) is 4.08. The second kappa shape index (κ2) is 6.66. The van der Waals surface area contributed by atoms with Gasteiger partial charge in [0.2, 0.25) is 0 Å². The van der Waals surface area contributed by atoms with Crippen molar-refractivity contribution >= 4 is 11.8 Å². The van der Waals surface area contributed by atoms with Crippen molar-refractivity contribution in [3.63, 3.8) is 0 Å². The van der Waals surface area contributed by atoms with E-state index in [2.05, 4.69) is 39.6 Å². The lowest BCUT2D eigenvalue weighted by Crippen LogP contribution is -1.96. The van der Waals surface area contributed by atoms with E-state index in [1.165, 1.54) is 4.90 Å². The Morgan fingerprint density at radius 1 is 1.18 bits per heavy atom. The number of nitrogens with zero attached hydrogens (tertiary/aromatic N) is 2. The number of rotatable bonds is 5. The summed E-state index contributed by atoms with van der Waals surface area (Å²) in [6.07, 6.45) is 5.61. The third-order valence-electron chi connectivity index (χ3n) is 3.36. The smallest absolute Gasteiger partial charge is 0.138 e. The van der Waals surface area contributed by atoms with E-state index in [4.69, 9.17) is 4.74 Å². The van der Waals surface area contributed by atoms with Crippen LogP contribution >= 0.6 is 11.8 Å². The fraction of sp³-hybridized carbons (Fsp3) is 0.176. The molecule has 0 amide bonds. The molecule has 3 rings (SSSR count). The van der Waals surface area contributed by atoms with Gasteiger partial charge in [-0.25, -0.2) is 0 Å². The quantitative estimate of drug-likeness (QED) is 0.721. The first-order chi connectivity index (χ1) is 10.8. The maximum Gasteiger partial charge on any atom is 0.138 e. The zero-order valence-electron chi connectivity index (χ0n) is 12.5. The highest BCUT2D eigenvalue weighted by Gasteiger charge is 2.05. The molecule has 0 atom stereocenters. The molecule has 0 aliphatic heterocycles. The highest BCUT2D eigenvalue weighted by atomic mass is 32.2. The Kier molecular flexibility index (Phi) is 4.44. The molecule has 0 radical (unpaired) electrons. The van der Waals surface area contributed by atoms with Gasteiger partial charge >= 0.3 is 0 Å². The molecule has 112 valence electrons. The van der Waals surface area contributed by atoms with Gasteiger partial charge in [-0.3, -0.25) is 10.1 Å². The zero-order chi connectivity index (χ0) is 15.4. The fourth-order valence-electron chi connectivity index (χ4n) is 2.15. The van der Waals surface area contributed by atoms with Gasteiger partial charge in [0.05, 0.1) is 23.8 Å². The highest BCUT2D eigenvalue weighted by Crippen LogP contribution is 2.21. The van der Waals surface area contributed by atoms with Crippen molar-refractivity contribution in [2.45, 2.75) is 18.4 Å². The number of hydrogen-bond acceptors (Lipinski definition) is 4. The molecule has 4 nitrogen and oxygen atoms in total. The van der Waals surface area contributed by atoms with Gasteiger partial charge in [0.15, 0.2) is 0 Å². The van der Waals surface area contributed by atoms with Gasteiger partial charge < -0.3 is 4.74 Å². The average molecular weight is 311 g/mol. The zero-order valence-corrected chi connectivity index (χ0v) is 13.4. The van der Waals surface area contributed by atoms with Gasteiger partial charge in [-0.15, -0.1) is 11.8 Å². The third kappa shape index (κ3) is 3.31. The molecular weight excluding hydrogens is 294 g/mol. The molecule has 0 saturated carbocycles. The third-order valence-corrected chi connectivity index (χ3v) is 4.09. The van der Waals surface area contributed by atoms with Crippen LogP contribution in [0, 0.1) is 6.92 Å². The Morgan fingerprint density at radius 2 is 2.09 bits per heavy atom. The first-order valence-electron chi connectivity index (χ1n) is 6.98. The summed E-state index contributed by atoms with van der Waals surface area (Å²) in [5.41, 5.74) is 4.04. The Bertz CT molecular complexity index is 753. The van der Waals surface area contributed by atoms with Crippen LogP contribution in [0.2, 0.25) is 0 Å². The second-order valence-corrected chi connectivity index (χ2v) is 5.83. The van der Waals surface area contributed by atoms with Crippen molar-refractivity contribution in [2.24, 2.45) is 0 Å². The Labute approximate surface area is 133 Å². The van der Waals surface area contributed by atoms with E-state index in [1.807, 2.05) is 25.1 Å². The first kappa shape index (κ1) is 14.7. The molecule has 0 aliphatic carbocycles. The minimum atomic E-state index is 0.540. The summed E-state index contributed by atoms with van der Waals surface area (Å²) in [4.78, 5) is 5.67. The van der Waals surface area contributed by atoms with Gasteiger partial charge in [0.1, 0.15) is 12.4 Å². The standard InChI is InChI=1S/C17H17N3OS/c1-12-9-19-20-17(12)16-7-6-14(10-18-16)21-11-13-4-3-5-15(8-13)22-2/h3-10H,11H2,1-2H3,(H,19,20). The van der Waals surface area contributed by atoms with Crippen LogP contribution in [0.3, 0.4) is 0 Å². The second-order valence-electron chi connectivity index (χ2n) is 4.95. The lowest BCUT2D eigenvalue weighted by Gasteiger charge is -2.07. The van der Waals surface area contributed by atoms with Crippen LogP contribution in [0.15, 0.2) is 53.7 Å². The summed E-state index contributed by atoms with van der Waals surface area (Å²) in [5, 5.41) is 6.97. The topological polar surface area (TPSA) is 50.8 Å². The summed E-state index contributed by atoms with van der Waals surface area (Å²) >= 11 is 1.73. The van der Waals surface area contributed by atoms with Crippen LogP contribution in [0.5, 0.6) is 5.75 Å². The SMILES string of the molecule is CSc1cccc(COc2ccc(-c3[nH]ncc3C)nc2)c1. The minimum absolute atomic E-state index is 0.540. The van der Waals surface area contributed by atoms with Gasteiger partial charge in [-0.1, -0.05) is 12.1 Å². The number of H-pyrrole nitrogens is 1. The molecule has 0 unspecified atom stereocenters. The molecule has 3 aromatic rings. The van der Waals surface area contributed by atoms with E-state index >= 15 is 0 Å². The number of ether oxygens (including phenoxy) is 1. The van der Waals surface area contributed by atoms with E-state index in [1.54, 1.807) is 24.2 Å². The molecule has 1 aromatic carbocycles. The maximum atomic E-state index is 5.80. The molecule has 0 aliphatic rings. The normalized spacial score (nSPS) is 10.6. The van der Waals surface area contributed by atoms with Crippen LogP contribution < -0.4 is 4.74 Å². The summed E-state index contributed by atoms with van der Waals surface area (Å²) in [7, 11) is 0. The number of benzene rings is 1. The highest BCUT2D eigenvalue weighted by molar-refractivity contribution is 7.98. The van der Waals surface area contributed by atoms with Crippen LogP contribution in [0.4, 0.5) is 0 Å².